The first-order valence-corrected chi connectivity index (χ1v) is 12.5. The molecule has 184 valence electrons. The van der Waals surface area contributed by atoms with E-state index in [2.05, 4.69) is 10.3 Å². The number of nitrogens with one attached hydrogen (secondary N) is 1. The zero-order chi connectivity index (χ0) is 25.6. The SMILES string of the molecule is CCOC(=O)C1=C(C)N=c2s/c(=C3\C(=O)Nc4ccccc43)c(=O)n2C1c1ccccc1OC(C)C. The smallest absolute Gasteiger partial charge is 0.338 e. The number of rotatable bonds is 5. The molecule has 0 saturated carbocycles. The van der Waals surface area contributed by atoms with Crippen LogP contribution in [0.5, 0.6) is 5.75 Å². The van der Waals surface area contributed by atoms with Crippen molar-refractivity contribution >= 4 is 34.5 Å². The first kappa shape index (κ1) is 23.7. The number of para-hydroxylation sites is 2. The lowest BCUT2D eigenvalue weighted by Crippen LogP contribution is -2.40. The monoisotopic (exact) mass is 503 g/mol. The minimum atomic E-state index is -0.829. The molecule has 5 rings (SSSR count). The number of benzene rings is 2. The van der Waals surface area contributed by atoms with Crippen molar-refractivity contribution in [3.05, 3.63) is 90.6 Å². The number of aromatic nitrogens is 1. The lowest BCUT2D eigenvalue weighted by Gasteiger charge is -2.26. The van der Waals surface area contributed by atoms with Crippen LogP contribution in [0.4, 0.5) is 5.69 Å². The van der Waals surface area contributed by atoms with Crippen LogP contribution in [0.25, 0.3) is 5.57 Å². The number of allylic oxidation sites excluding steroid dienone is 1. The highest BCUT2D eigenvalue weighted by Gasteiger charge is 2.36. The Morgan fingerprint density at radius 1 is 1.14 bits per heavy atom. The molecule has 2 aliphatic heterocycles. The number of anilines is 1. The Bertz CT molecular complexity index is 1610. The molecule has 0 spiro atoms. The summed E-state index contributed by atoms with van der Waals surface area (Å²) in [5, 5.41) is 2.83. The molecule has 1 atom stereocenters. The number of carbonyl (C=O) groups excluding carboxylic acids is 2. The maximum Gasteiger partial charge on any atom is 0.338 e. The van der Waals surface area contributed by atoms with E-state index in [9.17, 15) is 14.4 Å². The van der Waals surface area contributed by atoms with E-state index >= 15 is 0 Å². The van der Waals surface area contributed by atoms with Crippen LogP contribution in [-0.2, 0) is 14.3 Å². The van der Waals surface area contributed by atoms with Gasteiger partial charge in [0.15, 0.2) is 4.80 Å². The van der Waals surface area contributed by atoms with Crippen molar-refractivity contribution in [3.63, 3.8) is 0 Å². The van der Waals surface area contributed by atoms with E-state index in [4.69, 9.17) is 9.47 Å². The summed E-state index contributed by atoms with van der Waals surface area (Å²) < 4.78 is 13.2. The first-order valence-electron chi connectivity index (χ1n) is 11.7. The minimum absolute atomic E-state index is 0.126. The zero-order valence-electron chi connectivity index (χ0n) is 20.3. The third-order valence-electron chi connectivity index (χ3n) is 5.97. The van der Waals surface area contributed by atoms with E-state index in [1.165, 1.54) is 4.57 Å². The number of ether oxygens (including phenoxy) is 2. The summed E-state index contributed by atoms with van der Waals surface area (Å²) >= 11 is 1.13. The lowest BCUT2D eigenvalue weighted by molar-refractivity contribution is -0.139. The third-order valence-corrected chi connectivity index (χ3v) is 7.02. The van der Waals surface area contributed by atoms with E-state index in [1.807, 2.05) is 50.2 Å². The van der Waals surface area contributed by atoms with Crippen molar-refractivity contribution in [3.8, 4) is 5.75 Å². The predicted molar refractivity (Wildman–Crippen MR) is 137 cm³/mol. The molecule has 1 N–H and O–H groups in total. The highest BCUT2D eigenvalue weighted by Crippen LogP contribution is 2.36. The van der Waals surface area contributed by atoms with Gasteiger partial charge in [0.25, 0.3) is 11.5 Å². The fraction of sp³-hybridized carbons (Fsp3) is 0.259. The van der Waals surface area contributed by atoms with Gasteiger partial charge in [-0.3, -0.25) is 14.2 Å². The second kappa shape index (κ2) is 9.23. The quantitative estimate of drug-likeness (QED) is 0.540. The molecule has 0 radical (unpaired) electrons. The van der Waals surface area contributed by atoms with Crippen LogP contribution in [0.1, 0.15) is 44.9 Å². The molecular formula is C27H25N3O5S. The van der Waals surface area contributed by atoms with Crippen LogP contribution in [0.3, 0.4) is 0 Å². The Hall–Kier alpha value is -3.98. The van der Waals surface area contributed by atoms with Gasteiger partial charge in [0.2, 0.25) is 0 Å². The Labute approximate surface area is 211 Å². The third kappa shape index (κ3) is 3.85. The highest BCUT2D eigenvalue weighted by atomic mass is 32.1. The number of nitrogens with zero attached hydrogens (tertiary/aromatic N) is 2. The molecule has 0 saturated heterocycles. The molecule has 8 nitrogen and oxygen atoms in total. The summed E-state index contributed by atoms with van der Waals surface area (Å²) in [5.41, 5.74) is 2.56. The summed E-state index contributed by atoms with van der Waals surface area (Å²) in [5.74, 6) is -0.343. The number of hydrogen-bond donors (Lipinski definition) is 1. The van der Waals surface area contributed by atoms with Gasteiger partial charge in [-0.1, -0.05) is 47.7 Å². The first-order chi connectivity index (χ1) is 17.3. The van der Waals surface area contributed by atoms with E-state index in [1.54, 1.807) is 26.0 Å². The Kier molecular flexibility index (Phi) is 6.09. The second-order valence-corrected chi connectivity index (χ2v) is 9.68. The standard InChI is InChI=1S/C27H25N3O5S/c1-5-34-26(33)20-15(4)28-27-30(22(20)17-11-7-9-13-19(17)35-14(2)3)25(32)23(36-27)21-16-10-6-8-12-18(16)29-24(21)31/h6-14,22H,5H2,1-4H3,(H,29,31)/b23-21-. The van der Waals surface area contributed by atoms with Gasteiger partial charge in [0.05, 0.1) is 29.6 Å². The number of carbonyl (C=O) groups is 2. The fourth-order valence-corrected chi connectivity index (χ4v) is 5.69. The van der Waals surface area contributed by atoms with Crippen molar-refractivity contribution in [2.24, 2.45) is 4.99 Å². The molecule has 1 amide bonds. The molecule has 2 aromatic carbocycles. The minimum Gasteiger partial charge on any atom is -0.491 e. The number of fused-ring (bicyclic) bond motifs is 2. The normalized spacial score (nSPS) is 17.9. The van der Waals surface area contributed by atoms with E-state index in [0.717, 1.165) is 11.3 Å². The van der Waals surface area contributed by atoms with Crippen LogP contribution in [-0.4, -0.2) is 29.2 Å². The molecule has 0 aliphatic carbocycles. The van der Waals surface area contributed by atoms with Gasteiger partial charge in [-0.15, -0.1) is 0 Å². The lowest BCUT2D eigenvalue weighted by atomic mass is 9.95. The van der Waals surface area contributed by atoms with Gasteiger partial charge in [-0.2, -0.15) is 0 Å². The molecule has 0 fully saturated rings. The molecular weight excluding hydrogens is 478 g/mol. The molecule has 0 bridgehead atoms. The van der Waals surface area contributed by atoms with E-state index < -0.39 is 17.6 Å². The number of hydrogen-bond acceptors (Lipinski definition) is 7. The molecule has 1 unspecified atom stereocenters. The predicted octanol–water partition coefficient (Wildman–Crippen LogP) is 2.91. The topological polar surface area (TPSA) is 99.0 Å². The van der Waals surface area contributed by atoms with Gasteiger partial charge < -0.3 is 14.8 Å². The summed E-state index contributed by atoms with van der Waals surface area (Å²) in [7, 11) is 0. The maximum atomic E-state index is 14.0. The van der Waals surface area contributed by atoms with Gasteiger partial charge >= 0.3 is 5.97 Å². The van der Waals surface area contributed by atoms with E-state index in [0.29, 0.717) is 38.6 Å². The van der Waals surface area contributed by atoms with Crippen molar-refractivity contribution < 1.29 is 19.1 Å². The van der Waals surface area contributed by atoms with Crippen molar-refractivity contribution in [1.29, 1.82) is 0 Å². The van der Waals surface area contributed by atoms with Crippen LogP contribution in [0.2, 0.25) is 0 Å². The number of esters is 1. The molecule has 3 heterocycles. The van der Waals surface area contributed by atoms with Crippen LogP contribution >= 0.6 is 11.3 Å². The largest absolute Gasteiger partial charge is 0.491 e. The molecule has 36 heavy (non-hydrogen) atoms. The van der Waals surface area contributed by atoms with Crippen LogP contribution in [0.15, 0.2) is 69.6 Å². The number of amides is 1. The summed E-state index contributed by atoms with van der Waals surface area (Å²) in [6, 6.07) is 13.7. The Balaban J connectivity index is 1.83. The fourth-order valence-electron chi connectivity index (χ4n) is 4.55. The Morgan fingerprint density at radius 2 is 1.86 bits per heavy atom. The van der Waals surface area contributed by atoms with Crippen molar-refractivity contribution in [2.75, 3.05) is 11.9 Å². The van der Waals surface area contributed by atoms with Gasteiger partial charge in [-0.05, 0) is 39.8 Å². The number of thiazole rings is 1. The average molecular weight is 504 g/mol. The maximum absolute atomic E-state index is 14.0. The summed E-state index contributed by atoms with van der Waals surface area (Å²) in [6.07, 6.45) is -0.126. The molecule has 1 aromatic heterocycles. The van der Waals surface area contributed by atoms with E-state index in [-0.39, 0.29) is 28.7 Å². The molecule has 9 heteroatoms. The van der Waals surface area contributed by atoms with Gasteiger partial charge in [0.1, 0.15) is 16.3 Å². The second-order valence-electron chi connectivity index (χ2n) is 8.70. The highest BCUT2D eigenvalue weighted by molar-refractivity contribution is 7.07. The summed E-state index contributed by atoms with van der Waals surface area (Å²) in [6.45, 7) is 7.45. The van der Waals surface area contributed by atoms with Crippen LogP contribution in [0, 0.1) is 0 Å². The average Bonchev–Trinajstić information content (AvgIpc) is 3.33. The Morgan fingerprint density at radius 3 is 2.61 bits per heavy atom. The molecule has 2 aliphatic rings. The van der Waals surface area contributed by atoms with Crippen molar-refractivity contribution in [1.82, 2.24) is 4.57 Å². The summed E-state index contributed by atoms with van der Waals surface area (Å²) in [4.78, 5) is 45.1. The van der Waals surface area contributed by atoms with Gasteiger partial charge in [0, 0.05) is 16.8 Å². The van der Waals surface area contributed by atoms with Crippen molar-refractivity contribution in [2.45, 2.75) is 39.8 Å². The molecule has 3 aromatic rings. The van der Waals surface area contributed by atoms with Crippen LogP contribution < -0.4 is 24.9 Å². The van der Waals surface area contributed by atoms with Gasteiger partial charge in [-0.25, -0.2) is 9.79 Å². The zero-order valence-corrected chi connectivity index (χ0v) is 21.1.